The maximum atomic E-state index is 11.8. The largest absolute Gasteiger partial charge is 0.409 e. The zero-order chi connectivity index (χ0) is 13.1. The third kappa shape index (κ3) is 3.95. The van der Waals surface area contributed by atoms with Crippen LogP contribution in [0.3, 0.4) is 0 Å². The van der Waals surface area contributed by atoms with Gasteiger partial charge in [-0.3, -0.25) is 0 Å². The Hall–Kier alpha value is -0.640. The number of halogens is 1. The van der Waals surface area contributed by atoms with E-state index in [0.29, 0.717) is 0 Å². The molecule has 96 valence electrons. The van der Waals surface area contributed by atoms with E-state index in [1.165, 1.54) is 6.07 Å². The fourth-order valence-electron chi connectivity index (χ4n) is 0.951. The second-order valence-electron chi connectivity index (χ2n) is 3.34. The molecule has 0 bridgehead atoms. The summed E-state index contributed by atoms with van der Waals surface area (Å²) in [5, 5.41) is 11.3. The molecule has 0 aliphatic carbocycles. The molecule has 1 aromatic rings. The number of oxime groups is 1. The van der Waals surface area contributed by atoms with Gasteiger partial charge in [-0.1, -0.05) is 12.1 Å². The zero-order valence-corrected chi connectivity index (χ0v) is 12.1. The third-order valence-corrected chi connectivity index (χ3v) is 5.55. The molecule has 0 aromatic carbocycles. The number of nitrogens with two attached hydrogens (primary N) is 1. The van der Waals surface area contributed by atoms with Gasteiger partial charge in [0.05, 0.1) is 3.79 Å². The summed E-state index contributed by atoms with van der Waals surface area (Å²) in [6, 6.07) is 3.16. The van der Waals surface area contributed by atoms with E-state index in [-0.39, 0.29) is 22.5 Å². The summed E-state index contributed by atoms with van der Waals surface area (Å²) >= 11 is 4.31. The predicted octanol–water partition coefficient (Wildman–Crippen LogP) is 1.17. The monoisotopic (exact) mass is 341 g/mol. The number of nitrogens with one attached hydrogen (secondary N) is 1. The van der Waals surface area contributed by atoms with Crippen LogP contribution in [0.25, 0.3) is 0 Å². The average Bonchev–Trinajstić information content (AvgIpc) is 2.72. The van der Waals surface area contributed by atoms with Crippen LogP contribution in [0.2, 0.25) is 0 Å². The molecule has 1 unspecified atom stereocenters. The number of nitrogens with zero attached hydrogens (tertiary/aromatic N) is 1. The number of amidine groups is 1. The van der Waals surface area contributed by atoms with E-state index in [1.54, 1.807) is 13.0 Å². The lowest BCUT2D eigenvalue weighted by molar-refractivity contribution is 0.314. The van der Waals surface area contributed by atoms with Gasteiger partial charge in [0, 0.05) is 12.5 Å². The summed E-state index contributed by atoms with van der Waals surface area (Å²) in [4.78, 5) is 0. The van der Waals surface area contributed by atoms with E-state index in [4.69, 9.17) is 10.9 Å². The SMILES string of the molecule is CC(CNS(=O)(=O)c1ccc(Br)s1)/C(N)=N/O. The highest BCUT2D eigenvalue weighted by molar-refractivity contribution is 9.11. The van der Waals surface area contributed by atoms with Crippen LogP contribution >= 0.6 is 27.3 Å². The van der Waals surface area contributed by atoms with Gasteiger partial charge >= 0.3 is 0 Å². The van der Waals surface area contributed by atoms with Crippen molar-refractivity contribution in [1.29, 1.82) is 0 Å². The Balaban J connectivity index is 2.69. The zero-order valence-electron chi connectivity index (χ0n) is 8.92. The van der Waals surface area contributed by atoms with Crippen LogP contribution < -0.4 is 10.5 Å². The summed E-state index contributed by atoms with van der Waals surface area (Å²) in [5.41, 5.74) is 5.35. The Kier molecular flexibility index (Phi) is 4.92. The number of hydrogen-bond acceptors (Lipinski definition) is 5. The van der Waals surface area contributed by atoms with E-state index in [1.807, 2.05) is 0 Å². The number of hydrogen-bond donors (Lipinski definition) is 3. The Bertz CT molecular complexity index is 512. The van der Waals surface area contributed by atoms with Crippen molar-refractivity contribution >= 4 is 43.1 Å². The third-order valence-electron chi connectivity index (χ3n) is 2.01. The van der Waals surface area contributed by atoms with Gasteiger partial charge in [0.1, 0.15) is 10.0 Å². The fourth-order valence-corrected chi connectivity index (χ4v) is 4.14. The first-order valence-electron chi connectivity index (χ1n) is 4.59. The van der Waals surface area contributed by atoms with E-state index in [2.05, 4.69) is 25.8 Å². The molecule has 0 radical (unpaired) electrons. The van der Waals surface area contributed by atoms with Gasteiger partial charge in [-0.05, 0) is 28.1 Å². The predicted molar refractivity (Wildman–Crippen MR) is 69.8 cm³/mol. The van der Waals surface area contributed by atoms with Gasteiger partial charge in [0.15, 0.2) is 0 Å². The molecule has 0 saturated carbocycles. The van der Waals surface area contributed by atoms with Crippen LogP contribution in [0, 0.1) is 5.92 Å². The van der Waals surface area contributed by atoms with Gasteiger partial charge < -0.3 is 10.9 Å². The van der Waals surface area contributed by atoms with Crippen molar-refractivity contribution in [2.75, 3.05) is 6.54 Å². The van der Waals surface area contributed by atoms with Gasteiger partial charge in [0.25, 0.3) is 0 Å². The highest BCUT2D eigenvalue weighted by Crippen LogP contribution is 2.25. The Morgan fingerprint density at radius 2 is 2.35 bits per heavy atom. The van der Waals surface area contributed by atoms with Crippen molar-refractivity contribution in [3.8, 4) is 0 Å². The summed E-state index contributed by atoms with van der Waals surface area (Å²) in [5.74, 6) is -0.391. The molecule has 9 heteroatoms. The molecule has 0 spiro atoms. The minimum Gasteiger partial charge on any atom is -0.409 e. The highest BCUT2D eigenvalue weighted by atomic mass is 79.9. The second-order valence-corrected chi connectivity index (χ2v) is 7.79. The molecule has 1 atom stereocenters. The van der Waals surface area contributed by atoms with Crippen molar-refractivity contribution < 1.29 is 13.6 Å². The number of thiophene rings is 1. The molecule has 0 aliphatic heterocycles. The smallest absolute Gasteiger partial charge is 0.250 e. The van der Waals surface area contributed by atoms with Crippen molar-refractivity contribution in [1.82, 2.24) is 4.72 Å². The van der Waals surface area contributed by atoms with E-state index >= 15 is 0 Å². The molecule has 17 heavy (non-hydrogen) atoms. The lowest BCUT2D eigenvalue weighted by Crippen LogP contribution is -2.34. The van der Waals surface area contributed by atoms with Gasteiger partial charge in [-0.25, -0.2) is 13.1 Å². The quantitative estimate of drug-likeness (QED) is 0.323. The van der Waals surface area contributed by atoms with E-state index in [9.17, 15) is 8.42 Å². The molecule has 0 fully saturated rings. The van der Waals surface area contributed by atoms with Crippen molar-refractivity contribution in [2.45, 2.75) is 11.1 Å². The maximum Gasteiger partial charge on any atom is 0.250 e. The fraction of sp³-hybridized carbons (Fsp3) is 0.375. The lowest BCUT2D eigenvalue weighted by Gasteiger charge is -2.10. The Morgan fingerprint density at radius 1 is 1.71 bits per heavy atom. The van der Waals surface area contributed by atoms with Crippen molar-refractivity contribution in [2.24, 2.45) is 16.8 Å². The first-order valence-corrected chi connectivity index (χ1v) is 7.68. The average molecular weight is 342 g/mol. The van der Waals surface area contributed by atoms with E-state index < -0.39 is 10.0 Å². The molecule has 0 amide bonds. The first-order chi connectivity index (χ1) is 7.86. The normalized spacial score (nSPS) is 14.8. The molecule has 1 heterocycles. The molecule has 0 aliphatic rings. The van der Waals surface area contributed by atoms with Crippen LogP contribution in [0.1, 0.15) is 6.92 Å². The Labute approximate surface area is 112 Å². The lowest BCUT2D eigenvalue weighted by atomic mass is 10.2. The highest BCUT2D eigenvalue weighted by Gasteiger charge is 2.18. The van der Waals surface area contributed by atoms with Crippen LogP contribution in [0.4, 0.5) is 0 Å². The summed E-state index contributed by atoms with van der Waals surface area (Å²) < 4.78 is 26.9. The number of rotatable bonds is 5. The molecular weight excluding hydrogens is 330 g/mol. The summed E-state index contributed by atoms with van der Waals surface area (Å²) in [6.45, 7) is 1.73. The maximum absolute atomic E-state index is 11.8. The molecule has 1 aromatic heterocycles. The topological polar surface area (TPSA) is 105 Å². The van der Waals surface area contributed by atoms with Gasteiger partial charge in [0.2, 0.25) is 10.0 Å². The van der Waals surface area contributed by atoms with Crippen LogP contribution in [0.5, 0.6) is 0 Å². The number of sulfonamides is 1. The summed E-state index contributed by atoms with van der Waals surface area (Å²) in [7, 11) is -3.53. The van der Waals surface area contributed by atoms with E-state index in [0.717, 1.165) is 15.1 Å². The van der Waals surface area contributed by atoms with Gasteiger partial charge in [-0.15, -0.1) is 11.3 Å². The second kappa shape index (κ2) is 5.80. The standard InChI is InChI=1S/C8H12BrN3O3S2/c1-5(8(10)12-13)4-11-17(14,15)7-3-2-6(9)16-7/h2-3,5,11,13H,4H2,1H3,(H2,10,12). The van der Waals surface area contributed by atoms with Gasteiger partial charge in [-0.2, -0.15) is 0 Å². The molecule has 6 nitrogen and oxygen atoms in total. The molecular formula is C8H12BrN3O3S2. The first kappa shape index (κ1) is 14.4. The Morgan fingerprint density at radius 3 is 2.82 bits per heavy atom. The van der Waals surface area contributed by atoms with Crippen LogP contribution in [-0.4, -0.2) is 26.0 Å². The minimum absolute atomic E-state index is 0.0138. The molecule has 0 saturated heterocycles. The molecule has 4 N–H and O–H groups in total. The van der Waals surface area contributed by atoms with Crippen molar-refractivity contribution in [3.05, 3.63) is 15.9 Å². The minimum atomic E-state index is -3.53. The van der Waals surface area contributed by atoms with Crippen LogP contribution in [-0.2, 0) is 10.0 Å². The van der Waals surface area contributed by atoms with Crippen LogP contribution in [0.15, 0.2) is 25.3 Å². The summed E-state index contributed by atoms with van der Waals surface area (Å²) in [6.07, 6.45) is 0. The molecule has 1 rings (SSSR count). The van der Waals surface area contributed by atoms with Crippen molar-refractivity contribution in [3.63, 3.8) is 0 Å².